The Morgan fingerprint density at radius 1 is 0.760 bits per heavy atom. The second-order valence-corrected chi connectivity index (χ2v) is 22.4. The molecule has 0 aliphatic heterocycles. The zero-order valence-electron chi connectivity index (χ0n) is 13.6. The third-order valence-electron chi connectivity index (χ3n) is 3.62. The van der Waals surface area contributed by atoms with Crippen molar-refractivity contribution >= 4 is 71.7 Å². The fraction of sp³-hybridized carbons (Fsp3) is 0.158. The van der Waals surface area contributed by atoms with Gasteiger partial charge in [0.25, 0.3) is 0 Å². The van der Waals surface area contributed by atoms with E-state index in [4.69, 9.17) is 56.2 Å². The van der Waals surface area contributed by atoms with Crippen LogP contribution in [0.3, 0.4) is 0 Å². The van der Waals surface area contributed by atoms with Crippen LogP contribution in [0.1, 0.15) is 29.2 Å². The molecule has 0 heterocycles. The van der Waals surface area contributed by atoms with E-state index < -0.39 is 3.37 Å². The van der Waals surface area contributed by atoms with Crippen molar-refractivity contribution in [1.29, 1.82) is 0 Å². The van der Waals surface area contributed by atoms with Crippen LogP contribution in [-0.4, -0.2) is 0 Å². The van der Waals surface area contributed by atoms with E-state index in [9.17, 15) is 0 Å². The van der Waals surface area contributed by atoms with Gasteiger partial charge in [-0.15, -0.1) is 0 Å². The van der Waals surface area contributed by atoms with E-state index in [0.717, 1.165) is 12.8 Å². The van der Waals surface area contributed by atoms with Crippen LogP contribution < -0.4 is 0 Å². The van der Waals surface area contributed by atoms with Crippen LogP contribution in [0, 0.1) is 0 Å². The predicted molar refractivity (Wildman–Crippen MR) is 119 cm³/mol. The number of rotatable bonds is 0. The Morgan fingerprint density at radius 3 is 1.84 bits per heavy atom. The summed E-state index contributed by atoms with van der Waals surface area (Å²) >= 11 is 24.9. The van der Waals surface area contributed by atoms with Crippen molar-refractivity contribution in [3.63, 3.8) is 0 Å². The number of halogens is 5. The summed E-state index contributed by atoms with van der Waals surface area (Å²) in [7, 11) is 0. The van der Waals surface area contributed by atoms with Gasteiger partial charge >= 0.3 is 59.6 Å². The van der Waals surface area contributed by atoms with Crippen molar-refractivity contribution in [3.8, 4) is 0 Å². The Labute approximate surface area is 173 Å². The minimum absolute atomic E-state index is 1.12. The summed E-state index contributed by atoms with van der Waals surface area (Å²) in [5.74, 6) is 0. The molecule has 0 aromatic heterocycles. The molecule has 2 aliphatic carbocycles. The zero-order valence-corrected chi connectivity index (χ0v) is 18.3. The van der Waals surface area contributed by atoms with E-state index in [-0.39, 0.29) is 0 Å². The quantitative estimate of drug-likeness (QED) is 0.348. The predicted octanol–water partition coefficient (Wildman–Crippen LogP) is 9.21. The van der Waals surface area contributed by atoms with E-state index in [1.807, 2.05) is 0 Å². The summed E-state index contributed by atoms with van der Waals surface area (Å²) in [6.07, 6.45) is 8.90. The summed E-state index contributed by atoms with van der Waals surface area (Å²) < 4.78 is -3.69. The SMILES string of the molecule is C1=Cc2ccccc2C1.CC1=Cc2ccccc2C1.ClP(Cl)(Cl)(Cl)Cl. The Hall–Kier alpha value is -0.200. The van der Waals surface area contributed by atoms with E-state index in [0.29, 0.717) is 0 Å². The summed E-state index contributed by atoms with van der Waals surface area (Å²) in [5.41, 5.74) is 7.19. The third kappa shape index (κ3) is 8.83. The first-order chi connectivity index (χ1) is 11.6. The average Bonchev–Trinajstić information content (AvgIpc) is 3.09. The summed E-state index contributed by atoms with van der Waals surface area (Å²) in [4.78, 5) is 0. The monoisotopic (exact) mass is 452 g/mol. The van der Waals surface area contributed by atoms with Gasteiger partial charge < -0.3 is 0 Å². The maximum atomic E-state index is 4.98. The molecule has 0 unspecified atom stereocenters. The first-order valence-electron chi connectivity index (χ1n) is 7.67. The molecule has 134 valence electrons. The van der Waals surface area contributed by atoms with Crippen LogP contribution in [0.25, 0.3) is 12.2 Å². The van der Waals surface area contributed by atoms with E-state index in [1.165, 1.54) is 27.8 Å². The number of benzene rings is 2. The van der Waals surface area contributed by atoms with Gasteiger partial charge in [-0.25, -0.2) is 0 Å². The fourth-order valence-corrected chi connectivity index (χ4v) is 2.65. The molecular formula is C19H18Cl5P. The molecular weight excluding hydrogens is 436 g/mol. The molecule has 2 aromatic rings. The Kier molecular flexibility index (Phi) is 7.31. The molecule has 0 atom stereocenters. The van der Waals surface area contributed by atoms with Crippen molar-refractivity contribution in [3.05, 3.63) is 82.4 Å². The molecule has 0 saturated carbocycles. The van der Waals surface area contributed by atoms with E-state index >= 15 is 0 Å². The molecule has 0 radical (unpaired) electrons. The number of allylic oxidation sites excluding steroid dienone is 2. The number of hydrogen-bond donors (Lipinski definition) is 0. The molecule has 4 rings (SSSR count). The van der Waals surface area contributed by atoms with Crippen LogP contribution in [0.2, 0.25) is 0 Å². The molecule has 0 amide bonds. The van der Waals surface area contributed by atoms with Gasteiger partial charge in [0.05, 0.1) is 0 Å². The Bertz CT molecular complexity index is 784. The summed E-state index contributed by atoms with van der Waals surface area (Å²) in [6, 6.07) is 17.1. The molecule has 2 aromatic carbocycles. The van der Waals surface area contributed by atoms with Crippen LogP contribution in [-0.2, 0) is 12.8 Å². The molecule has 0 saturated heterocycles. The van der Waals surface area contributed by atoms with Gasteiger partial charge in [0.2, 0.25) is 0 Å². The Balaban J connectivity index is 0.000000141. The van der Waals surface area contributed by atoms with E-state index in [1.54, 1.807) is 0 Å². The van der Waals surface area contributed by atoms with Gasteiger partial charge in [-0.3, -0.25) is 0 Å². The average molecular weight is 455 g/mol. The third-order valence-corrected chi connectivity index (χ3v) is 3.62. The van der Waals surface area contributed by atoms with Gasteiger partial charge in [0, 0.05) is 0 Å². The second-order valence-electron chi connectivity index (χ2n) is 5.81. The normalized spacial score (nSPS) is 15.4. The first kappa shape index (κ1) is 21.1. The van der Waals surface area contributed by atoms with Gasteiger partial charge in [-0.2, -0.15) is 0 Å². The second kappa shape index (κ2) is 8.66. The van der Waals surface area contributed by atoms with E-state index in [2.05, 4.69) is 73.7 Å². The van der Waals surface area contributed by atoms with Crippen molar-refractivity contribution < 1.29 is 0 Å². The van der Waals surface area contributed by atoms with Gasteiger partial charge in [-0.05, 0) is 42.0 Å². The number of hydrogen-bond acceptors (Lipinski definition) is 0. The molecule has 0 bridgehead atoms. The minimum atomic E-state index is -3.69. The summed E-state index contributed by atoms with van der Waals surface area (Å²) in [5, 5.41) is 0. The van der Waals surface area contributed by atoms with Gasteiger partial charge in [-0.1, -0.05) is 72.3 Å². The van der Waals surface area contributed by atoms with Crippen LogP contribution in [0.4, 0.5) is 0 Å². The molecule has 0 fully saturated rings. The van der Waals surface area contributed by atoms with Gasteiger partial charge in [0.15, 0.2) is 0 Å². The zero-order chi connectivity index (χ0) is 18.5. The molecule has 0 spiro atoms. The van der Waals surface area contributed by atoms with Crippen molar-refractivity contribution in [1.82, 2.24) is 0 Å². The van der Waals surface area contributed by atoms with Gasteiger partial charge in [0.1, 0.15) is 0 Å². The molecule has 2 aliphatic rings. The molecule has 0 nitrogen and oxygen atoms in total. The molecule has 25 heavy (non-hydrogen) atoms. The van der Waals surface area contributed by atoms with Crippen LogP contribution in [0.15, 0.2) is 60.2 Å². The van der Waals surface area contributed by atoms with Crippen molar-refractivity contribution in [2.24, 2.45) is 0 Å². The Morgan fingerprint density at radius 2 is 1.28 bits per heavy atom. The maximum absolute atomic E-state index is 4.98. The van der Waals surface area contributed by atoms with Crippen LogP contribution in [0.5, 0.6) is 0 Å². The first-order valence-corrected chi connectivity index (χ1v) is 14.4. The summed E-state index contributed by atoms with van der Waals surface area (Å²) in [6.45, 7) is 2.18. The molecule has 6 heteroatoms. The fourth-order valence-electron chi connectivity index (χ4n) is 2.65. The molecule has 0 N–H and O–H groups in total. The topological polar surface area (TPSA) is 0 Å². The van der Waals surface area contributed by atoms with Crippen LogP contribution >= 0.6 is 59.6 Å². The van der Waals surface area contributed by atoms with Crippen molar-refractivity contribution in [2.75, 3.05) is 0 Å². The standard InChI is InChI=1S/C10H10.C9H8.Cl5P/c1-8-6-9-4-2-3-5-10(9)7-8;1-2-5-9-7-3-6-8(9)4-1;1-6(2,3,4)5/h2-6H,7H2,1H3;1-6H,7H2;. The number of fused-ring (bicyclic) bond motifs is 2. The van der Waals surface area contributed by atoms with Crippen molar-refractivity contribution in [2.45, 2.75) is 19.8 Å².